The van der Waals surface area contributed by atoms with Crippen molar-refractivity contribution in [1.29, 1.82) is 0 Å². The number of carbonyl (C=O) groups is 1. The van der Waals surface area contributed by atoms with Crippen LogP contribution in [0.4, 0.5) is 11.4 Å². The summed E-state index contributed by atoms with van der Waals surface area (Å²) in [5.41, 5.74) is 8.99. The van der Waals surface area contributed by atoms with Crippen molar-refractivity contribution in [3.8, 4) is 0 Å². The van der Waals surface area contributed by atoms with Crippen LogP contribution in [-0.4, -0.2) is 5.78 Å². The number of benzene rings is 2. The number of aryl methyl sites for hydroxylation is 3. The Labute approximate surface area is 149 Å². The number of rotatable bonds is 1. The third-order valence-corrected chi connectivity index (χ3v) is 5.37. The molecule has 2 N–H and O–H groups in total. The summed E-state index contributed by atoms with van der Waals surface area (Å²) < 4.78 is 0. The van der Waals surface area contributed by atoms with E-state index in [1.165, 1.54) is 16.7 Å². The fraction of sp³-hybridized carbons (Fsp3) is 0.318. The highest BCUT2D eigenvalue weighted by atomic mass is 16.1. The highest BCUT2D eigenvalue weighted by molar-refractivity contribution is 6.00. The van der Waals surface area contributed by atoms with Gasteiger partial charge in [-0.25, -0.2) is 0 Å². The molecule has 0 aromatic heterocycles. The molecule has 0 unspecified atom stereocenters. The lowest BCUT2D eigenvalue weighted by molar-refractivity contribution is -0.116. The number of Topliss-reactive ketones (excluding diaryl/α,β-unsaturated/α-hetero) is 1. The fourth-order valence-corrected chi connectivity index (χ4v) is 3.77. The van der Waals surface area contributed by atoms with Gasteiger partial charge in [0.25, 0.3) is 0 Å². The minimum atomic E-state index is -0.0979. The first kappa shape index (κ1) is 15.9. The standard InChI is InChI=1S/C22H24N2O/c1-13-7-9-16(10-8-13)22-21-17(5-4-6-20(21)25)23-18-11-14(2)15(3)12-19(18)24-22/h7-12,22-24H,4-6H2,1-3H3/t22-/m1/s1. The fourth-order valence-electron chi connectivity index (χ4n) is 3.77. The Morgan fingerprint density at radius 1 is 0.920 bits per heavy atom. The lowest BCUT2D eigenvalue weighted by atomic mass is 9.86. The van der Waals surface area contributed by atoms with Gasteiger partial charge in [-0.05, 0) is 62.4 Å². The van der Waals surface area contributed by atoms with E-state index >= 15 is 0 Å². The molecule has 1 atom stereocenters. The number of hydrogen-bond donors (Lipinski definition) is 2. The summed E-state index contributed by atoms with van der Waals surface area (Å²) in [5, 5.41) is 7.22. The van der Waals surface area contributed by atoms with Crippen LogP contribution in [0, 0.1) is 20.8 Å². The van der Waals surface area contributed by atoms with E-state index in [0.29, 0.717) is 6.42 Å². The number of carbonyl (C=O) groups excluding carboxylic acids is 1. The monoisotopic (exact) mass is 332 g/mol. The molecule has 0 amide bonds. The Morgan fingerprint density at radius 3 is 2.32 bits per heavy atom. The van der Waals surface area contributed by atoms with E-state index in [1.807, 2.05) is 0 Å². The molecule has 25 heavy (non-hydrogen) atoms. The lowest BCUT2D eigenvalue weighted by Crippen LogP contribution is -2.23. The van der Waals surface area contributed by atoms with Crippen molar-refractivity contribution in [2.75, 3.05) is 10.6 Å². The molecule has 0 fully saturated rings. The van der Waals surface area contributed by atoms with E-state index in [-0.39, 0.29) is 11.8 Å². The van der Waals surface area contributed by atoms with E-state index in [4.69, 9.17) is 0 Å². The summed E-state index contributed by atoms with van der Waals surface area (Å²) in [4.78, 5) is 12.8. The second kappa shape index (κ2) is 6.07. The smallest absolute Gasteiger partial charge is 0.163 e. The Hall–Kier alpha value is -2.55. The molecule has 3 nitrogen and oxygen atoms in total. The van der Waals surface area contributed by atoms with Gasteiger partial charge in [0, 0.05) is 17.7 Å². The SMILES string of the molecule is Cc1ccc([C@H]2Nc3cc(C)c(C)cc3NC3=C2C(=O)CCC3)cc1. The maximum absolute atomic E-state index is 12.8. The quantitative estimate of drug-likeness (QED) is 0.754. The Morgan fingerprint density at radius 2 is 1.60 bits per heavy atom. The van der Waals surface area contributed by atoms with Gasteiger partial charge < -0.3 is 10.6 Å². The molecule has 128 valence electrons. The van der Waals surface area contributed by atoms with Gasteiger partial charge in [-0.1, -0.05) is 29.8 Å². The molecule has 1 aliphatic carbocycles. The molecular formula is C22H24N2O. The first-order chi connectivity index (χ1) is 12.0. The number of fused-ring (bicyclic) bond motifs is 1. The molecule has 0 radical (unpaired) electrons. The van der Waals surface area contributed by atoms with Crippen molar-refractivity contribution >= 4 is 17.2 Å². The van der Waals surface area contributed by atoms with Crippen LogP contribution in [0.5, 0.6) is 0 Å². The van der Waals surface area contributed by atoms with E-state index in [2.05, 4.69) is 67.8 Å². The number of allylic oxidation sites excluding steroid dienone is 1. The van der Waals surface area contributed by atoms with Crippen molar-refractivity contribution in [1.82, 2.24) is 0 Å². The molecule has 0 spiro atoms. The van der Waals surface area contributed by atoms with Crippen LogP contribution in [0.25, 0.3) is 0 Å². The van der Waals surface area contributed by atoms with E-state index < -0.39 is 0 Å². The zero-order valence-corrected chi connectivity index (χ0v) is 15.1. The maximum atomic E-state index is 12.8. The van der Waals surface area contributed by atoms with Gasteiger partial charge in [0.15, 0.2) is 5.78 Å². The van der Waals surface area contributed by atoms with Gasteiger partial charge in [-0.2, -0.15) is 0 Å². The molecule has 0 bridgehead atoms. The van der Waals surface area contributed by atoms with Crippen molar-refractivity contribution in [2.45, 2.75) is 46.1 Å². The number of anilines is 2. The summed E-state index contributed by atoms with van der Waals surface area (Å²) in [7, 11) is 0. The summed E-state index contributed by atoms with van der Waals surface area (Å²) in [6.07, 6.45) is 2.49. The van der Waals surface area contributed by atoms with Crippen LogP contribution in [0.3, 0.4) is 0 Å². The normalized spacial score (nSPS) is 19.5. The van der Waals surface area contributed by atoms with Crippen LogP contribution >= 0.6 is 0 Å². The highest BCUT2D eigenvalue weighted by Gasteiger charge is 2.32. The Bertz CT molecular complexity index is 878. The van der Waals surface area contributed by atoms with Gasteiger partial charge in [0.05, 0.1) is 17.4 Å². The summed E-state index contributed by atoms with van der Waals surface area (Å²) in [6.45, 7) is 6.34. The average Bonchev–Trinajstić information content (AvgIpc) is 2.74. The van der Waals surface area contributed by atoms with Crippen LogP contribution in [-0.2, 0) is 4.79 Å². The molecule has 1 heterocycles. The van der Waals surface area contributed by atoms with Crippen LogP contribution in [0.2, 0.25) is 0 Å². The van der Waals surface area contributed by atoms with Crippen molar-refractivity contribution in [2.24, 2.45) is 0 Å². The number of hydrogen-bond acceptors (Lipinski definition) is 3. The van der Waals surface area contributed by atoms with Crippen molar-refractivity contribution in [3.05, 3.63) is 69.9 Å². The molecule has 3 heteroatoms. The number of nitrogens with one attached hydrogen (secondary N) is 2. The zero-order chi connectivity index (χ0) is 17.6. The molecule has 0 saturated heterocycles. The van der Waals surface area contributed by atoms with Crippen LogP contribution in [0.15, 0.2) is 47.7 Å². The van der Waals surface area contributed by atoms with Crippen LogP contribution < -0.4 is 10.6 Å². The second-order valence-corrected chi connectivity index (χ2v) is 7.26. The average molecular weight is 332 g/mol. The van der Waals surface area contributed by atoms with Gasteiger partial charge in [0.2, 0.25) is 0 Å². The third-order valence-electron chi connectivity index (χ3n) is 5.37. The highest BCUT2D eigenvalue weighted by Crippen LogP contribution is 2.41. The van der Waals surface area contributed by atoms with Crippen LogP contribution in [0.1, 0.15) is 47.6 Å². The van der Waals surface area contributed by atoms with Crippen molar-refractivity contribution < 1.29 is 4.79 Å². The molecular weight excluding hydrogens is 308 g/mol. The minimum Gasteiger partial charge on any atom is -0.372 e. The predicted molar refractivity (Wildman–Crippen MR) is 103 cm³/mol. The molecule has 0 saturated carbocycles. The van der Waals surface area contributed by atoms with Gasteiger partial charge in [-0.3, -0.25) is 4.79 Å². The molecule has 2 aromatic rings. The Kier molecular flexibility index (Phi) is 3.87. The van der Waals surface area contributed by atoms with E-state index in [1.54, 1.807) is 0 Å². The van der Waals surface area contributed by atoms with E-state index in [0.717, 1.165) is 41.1 Å². The summed E-state index contributed by atoms with van der Waals surface area (Å²) >= 11 is 0. The third kappa shape index (κ3) is 2.84. The Balaban J connectivity index is 1.88. The summed E-state index contributed by atoms with van der Waals surface area (Å²) in [6, 6.07) is 12.8. The summed E-state index contributed by atoms with van der Waals surface area (Å²) in [5.74, 6) is 0.257. The second-order valence-electron chi connectivity index (χ2n) is 7.26. The molecule has 2 aliphatic rings. The van der Waals surface area contributed by atoms with E-state index in [9.17, 15) is 4.79 Å². The first-order valence-corrected chi connectivity index (χ1v) is 9.00. The lowest BCUT2D eigenvalue weighted by Gasteiger charge is -2.25. The molecule has 4 rings (SSSR count). The van der Waals surface area contributed by atoms with Gasteiger partial charge >= 0.3 is 0 Å². The maximum Gasteiger partial charge on any atom is 0.163 e. The van der Waals surface area contributed by atoms with Gasteiger partial charge in [-0.15, -0.1) is 0 Å². The minimum absolute atomic E-state index is 0.0979. The zero-order valence-electron chi connectivity index (χ0n) is 15.1. The topological polar surface area (TPSA) is 41.1 Å². The van der Waals surface area contributed by atoms with Crippen molar-refractivity contribution in [3.63, 3.8) is 0 Å². The first-order valence-electron chi connectivity index (χ1n) is 9.00. The predicted octanol–water partition coefficient (Wildman–Crippen LogP) is 5.20. The molecule has 2 aromatic carbocycles. The largest absolute Gasteiger partial charge is 0.372 e. The van der Waals surface area contributed by atoms with Gasteiger partial charge in [0.1, 0.15) is 0 Å². The number of ketones is 1. The molecule has 1 aliphatic heterocycles.